The molecule has 0 saturated heterocycles. The van der Waals surface area contributed by atoms with Crippen LogP contribution >= 0.6 is 11.6 Å². The molecular formula is C16H17ClN6O. The van der Waals surface area contributed by atoms with Crippen molar-refractivity contribution in [1.29, 1.82) is 0 Å². The summed E-state index contributed by atoms with van der Waals surface area (Å²) in [6.45, 7) is 1.88. The second-order valence-corrected chi connectivity index (χ2v) is 6.13. The summed E-state index contributed by atoms with van der Waals surface area (Å²) in [4.78, 5) is 0.635. The third-order valence-electron chi connectivity index (χ3n) is 4.07. The number of halogens is 1. The third kappa shape index (κ3) is 3.03. The molecule has 8 heteroatoms. The predicted molar refractivity (Wildman–Crippen MR) is 92.8 cm³/mol. The first-order valence-electron chi connectivity index (χ1n) is 7.46. The Morgan fingerprint density at radius 3 is 2.79 bits per heavy atom. The summed E-state index contributed by atoms with van der Waals surface area (Å²) in [5.74, 6) is -0.131. The number of nitrogens with zero attached hydrogens (tertiary/aromatic N) is 4. The van der Waals surface area contributed by atoms with E-state index in [0.717, 1.165) is 16.7 Å². The molecule has 0 amide bonds. The monoisotopic (exact) mass is 344 g/mol. The summed E-state index contributed by atoms with van der Waals surface area (Å²) in [7, 11) is 0. The van der Waals surface area contributed by atoms with Crippen LogP contribution in [0.15, 0.2) is 40.7 Å². The number of rotatable bonds is 2. The molecule has 24 heavy (non-hydrogen) atoms. The Bertz CT molecular complexity index is 844. The lowest BCUT2D eigenvalue weighted by Gasteiger charge is -2.25. The first kappa shape index (κ1) is 16.2. The molecule has 0 spiro atoms. The van der Waals surface area contributed by atoms with Crippen molar-refractivity contribution in [2.24, 2.45) is 21.7 Å². The van der Waals surface area contributed by atoms with Gasteiger partial charge in [-0.25, -0.2) is 0 Å². The van der Waals surface area contributed by atoms with Gasteiger partial charge in [-0.2, -0.15) is 5.10 Å². The van der Waals surface area contributed by atoms with Crippen molar-refractivity contribution in [2.75, 3.05) is 0 Å². The van der Waals surface area contributed by atoms with Gasteiger partial charge in [-0.05, 0) is 30.5 Å². The summed E-state index contributed by atoms with van der Waals surface area (Å²) in [5.41, 5.74) is 14.6. The molecule has 0 fully saturated rings. The third-order valence-corrected chi connectivity index (χ3v) is 4.41. The van der Waals surface area contributed by atoms with E-state index < -0.39 is 0 Å². The lowest BCUT2D eigenvalue weighted by atomic mass is 9.80. The molecule has 1 heterocycles. The van der Waals surface area contributed by atoms with Crippen molar-refractivity contribution in [3.63, 3.8) is 0 Å². The van der Waals surface area contributed by atoms with Gasteiger partial charge in [-0.3, -0.25) is 0 Å². The molecule has 0 aliphatic heterocycles. The molecule has 2 aromatic rings. The van der Waals surface area contributed by atoms with E-state index in [9.17, 15) is 5.21 Å². The first-order chi connectivity index (χ1) is 11.5. The number of fused-ring (bicyclic) bond motifs is 1. The highest BCUT2D eigenvalue weighted by molar-refractivity contribution is 6.31. The number of hydrogen-bond donors (Lipinski definition) is 2. The van der Waals surface area contributed by atoms with E-state index in [4.69, 9.17) is 23.1 Å². The van der Waals surface area contributed by atoms with E-state index in [1.54, 1.807) is 0 Å². The number of aromatic nitrogens is 2. The van der Waals surface area contributed by atoms with Crippen LogP contribution in [0.3, 0.4) is 0 Å². The van der Waals surface area contributed by atoms with Crippen LogP contribution in [-0.2, 0) is 6.42 Å². The normalized spacial score (nSPS) is 18.2. The molecule has 1 aliphatic carbocycles. The fourth-order valence-corrected chi connectivity index (χ4v) is 3.34. The molecule has 0 saturated carbocycles. The minimum atomic E-state index is -0.134. The van der Waals surface area contributed by atoms with Gasteiger partial charge in [0.1, 0.15) is 0 Å². The number of guanidine groups is 1. The second kappa shape index (κ2) is 6.45. The zero-order valence-corrected chi connectivity index (χ0v) is 13.9. The number of hydrogen-bond acceptors (Lipinski definition) is 4. The average molecular weight is 345 g/mol. The minimum absolute atomic E-state index is 0.00273. The van der Waals surface area contributed by atoms with E-state index >= 15 is 0 Å². The van der Waals surface area contributed by atoms with E-state index in [1.807, 2.05) is 31.2 Å². The summed E-state index contributed by atoms with van der Waals surface area (Å²) in [6, 6.07) is 7.58. The SMILES string of the molecule is Cc1cn[n+]([O-])c2c1C(=NN=C(N)N)CC(c1ccccc1Cl)C2. The highest BCUT2D eigenvalue weighted by Gasteiger charge is 2.33. The molecule has 124 valence electrons. The average Bonchev–Trinajstić information content (AvgIpc) is 2.56. The fourth-order valence-electron chi connectivity index (χ4n) is 3.05. The number of nitrogens with two attached hydrogens (primary N) is 2. The van der Waals surface area contributed by atoms with Crippen LogP contribution < -0.4 is 16.3 Å². The Morgan fingerprint density at radius 2 is 2.08 bits per heavy atom. The van der Waals surface area contributed by atoms with Gasteiger partial charge in [0.2, 0.25) is 11.7 Å². The topological polar surface area (TPSA) is 117 Å². The molecule has 1 unspecified atom stereocenters. The van der Waals surface area contributed by atoms with Gasteiger partial charge in [0.15, 0.2) is 0 Å². The standard InChI is InChI=1S/C16H17ClN6O/c1-9-8-20-23(24)14-7-10(11-4-2-3-5-12(11)17)6-13(15(9)14)21-22-16(18)19/h2-5,8,10H,6-7H2,1H3,(H4,18,19,22). The largest absolute Gasteiger partial charge is 0.594 e. The molecule has 1 aromatic carbocycles. The van der Waals surface area contributed by atoms with E-state index in [2.05, 4.69) is 15.3 Å². The molecule has 0 radical (unpaired) electrons. The van der Waals surface area contributed by atoms with Crippen molar-refractivity contribution in [3.05, 3.63) is 63.1 Å². The zero-order valence-electron chi connectivity index (χ0n) is 13.1. The maximum atomic E-state index is 12.2. The number of benzene rings is 1. The fraction of sp³-hybridized carbons (Fsp3) is 0.250. The first-order valence-corrected chi connectivity index (χ1v) is 7.83. The van der Waals surface area contributed by atoms with Gasteiger partial charge < -0.3 is 16.7 Å². The Labute approximate surface area is 144 Å². The van der Waals surface area contributed by atoms with E-state index in [0.29, 0.717) is 34.1 Å². The molecule has 1 aliphatic rings. The van der Waals surface area contributed by atoms with E-state index in [1.165, 1.54) is 6.20 Å². The van der Waals surface area contributed by atoms with Crippen LogP contribution in [0.25, 0.3) is 0 Å². The van der Waals surface area contributed by atoms with Gasteiger partial charge in [-0.1, -0.05) is 34.6 Å². The summed E-state index contributed by atoms with van der Waals surface area (Å²) in [5, 5.41) is 24.6. The highest BCUT2D eigenvalue weighted by atomic mass is 35.5. The quantitative estimate of drug-likeness (QED) is 0.281. The van der Waals surface area contributed by atoms with Crippen LogP contribution in [0.4, 0.5) is 0 Å². The predicted octanol–water partition coefficient (Wildman–Crippen LogP) is 1.38. The molecule has 3 rings (SSSR count). The van der Waals surface area contributed by atoms with Crippen LogP contribution in [0.5, 0.6) is 0 Å². The van der Waals surface area contributed by atoms with Gasteiger partial charge in [0.25, 0.3) is 0 Å². The Morgan fingerprint density at radius 1 is 1.33 bits per heavy atom. The molecule has 0 bridgehead atoms. The summed E-state index contributed by atoms with van der Waals surface area (Å²) in [6.07, 6.45) is 2.63. The lowest BCUT2D eigenvalue weighted by Crippen LogP contribution is -2.41. The van der Waals surface area contributed by atoms with Crippen LogP contribution in [0, 0.1) is 12.1 Å². The Hall–Kier alpha value is -2.67. The molecule has 1 atom stereocenters. The highest BCUT2D eigenvalue weighted by Crippen LogP contribution is 2.35. The van der Waals surface area contributed by atoms with Crippen molar-refractivity contribution in [1.82, 2.24) is 5.10 Å². The smallest absolute Gasteiger partial charge is 0.231 e. The molecule has 4 N–H and O–H groups in total. The minimum Gasteiger partial charge on any atom is -0.594 e. The molecule has 7 nitrogen and oxygen atoms in total. The summed E-state index contributed by atoms with van der Waals surface area (Å²) < 4.78 is 0. The van der Waals surface area contributed by atoms with Crippen molar-refractivity contribution < 1.29 is 4.85 Å². The second-order valence-electron chi connectivity index (χ2n) is 5.72. The summed E-state index contributed by atoms with van der Waals surface area (Å²) >= 11 is 6.32. The Balaban J connectivity index is 2.14. The van der Waals surface area contributed by atoms with Crippen LogP contribution in [0.1, 0.15) is 34.7 Å². The lowest BCUT2D eigenvalue weighted by molar-refractivity contribution is -0.677. The Kier molecular flexibility index (Phi) is 4.35. The van der Waals surface area contributed by atoms with Crippen molar-refractivity contribution in [3.8, 4) is 0 Å². The molecular weight excluding hydrogens is 328 g/mol. The van der Waals surface area contributed by atoms with Gasteiger partial charge in [0.05, 0.1) is 17.5 Å². The van der Waals surface area contributed by atoms with Crippen LogP contribution in [-0.4, -0.2) is 16.8 Å². The van der Waals surface area contributed by atoms with E-state index in [-0.39, 0.29) is 11.9 Å². The number of aryl methyl sites for hydroxylation is 1. The van der Waals surface area contributed by atoms with Crippen LogP contribution in [0.2, 0.25) is 5.02 Å². The van der Waals surface area contributed by atoms with Gasteiger partial charge in [-0.15, -0.1) is 5.10 Å². The molecule has 1 aromatic heterocycles. The van der Waals surface area contributed by atoms with Gasteiger partial charge in [0, 0.05) is 22.5 Å². The van der Waals surface area contributed by atoms with Crippen molar-refractivity contribution in [2.45, 2.75) is 25.7 Å². The zero-order chi connectivity index (χ0) is 17.3. The van der Waals surface area contributed by atoms with Crippen molar-refractivity contribution >= 4 is 23.3 Å². The maximum Gasteiger partial charge on any atom is 0.231 e. The van der Waals surface area contributed by atoms with Gasteiger partial charge >= 0.3 is 0 Å². The maximum absolute atomic E-state index is 12.2.